The van der Waals surface area contributed by atoms with Gasteiger partial charge < -0.3 is 20.6 Å². The highest BCUT2D eigenvalue weighted by atomic mass is 16.5. The molecule has 1 aromatic heterocycles. The molecular weight excluding hydrogens is 204 g/mol. The summed E-state index contributed by atoms with van der Waals surface area (Å²) in [6.07, 6.45) is 0. The number of aromatic nitrogens is 1. The van der Waals surface area contributed by atoms with E-state index in [1.165, 1.54) is 0 Å². The van der Waals surface area contributed by atoms with Gasteiger partial charge in [0.2, 0.25) is 0 Å². The fourth-order valence-electron chi connectivity index (χ4n) is 1.63. The van der Waals surface area contributed by atoms with Crippen LogP contribution in [0.5, 0.6) is 5.75 Å². The number of aromatic amines is 1. The van der Waals surface area contributed by atoms with Gasteiger partial charge in [0.15, 0.2) is 0 Å². The van der Waals surface area contributed by atoms with Gasteiger partial charge in [0.05, 0.1) is 7.11 Å². The van der Waals surface area contributed by atoms with Crippen molar-refractivity contribution in [1.29, 1.82) is 0 Å². The molecule has 0 spiro atoms. The minimum absolute atomic E-state index is 0.178. The molecule has 0 amide bonds. The third-order valence-electron chi connectivity index (χ3n) is 2.81. The zero-order valence-electron chi connectivity index (χ0n) is 9.45. The molecule has 0 aliphatic rings. The number of H-pyrrole nitrogens is 1. The molecule has 2 aromatic rings. The normalized spacial score (nSPS) is 15.0. The molecule has 86 valence electrons. The van der Waals surface area contributed by atoms with Gasteiger partial charge in [-0.15, -0.1) is 0 Å². The van der Waals surface area contributed by atoms with Crippen molar-refractivity contribution < 1.29 is 9.84 Å². The number of ether oxygens (including phenoxy) is 1. The first-order valence-corrected chi connectivity index (χ1v) is 5.16. The van der Waals surface area contributed by atoms with Gasteiger partial charge in [0, 0.05) is 29.2 Å². The first-order valence-electron chi connectivity index (χ1n) is 5.16. The van der Waals surface area contributed by atoms with Crippen LogP contribution in [0.25, 0.3) is 10.9 Å². The molecule has 1 aromatic carbocycles. The lowest BCUT2D eigenvalue weighted by Gasteiger charge is -2.18. The summed E-state index contributed by atoms with van der Waals surface area (Å²) in [5.74, 6) is 0.785. The Hall–Kier alpha value is -1.52. The fraction of sp³-hybridized carbons (Fsp3) is 0.333. The fourth-order valence-corrected chi connectivity index (χ4v) is 1.63. The van der Waals surface area contributed by atoms with Crippen LogP contribution in [-0.2, 0) is 5.60 Å². The van der Waals surface area contributed by atoms with Gasteiger partial charge in [0.1, 0.15) is 11.4 Å². The van der Waals surface area contributed by atoms with Gasteiger partial charge in [-0.1, -0.05) is 0 Å². The summed E-state index contributed by atoms with van der Waals surface area (Å²) in [6, 6.07) is 7.63. The quantitative estimate of drug-likeness (QED) is 0.731. The molecule has 0 fully saturated rings. The topological polar surface area (TPSA) is 71.3 Å². The van der Waals surface area contributed by atoms with Gasteiger partial charge in [-0.3, -0.25) is 0 Å². The van der Waals surface area contributed by atoms with Crippen molar-refractivity contribution in [3.05, 3.63) is 30.0 Å². The van der Waals surface area contributed by atoms with Gasteiger partial charge in [-0.25, -0.2) is 0 Å². The number of rotatable bonds is 3. The third-order valence-corrected chi connectivity index (χ3v) is 2.81. The van der Waals surface area contributed by atoms with E-state index in [0.717, 1.165) is 22.3 Å². The summed E-state index contributed by atoms with van der Waals surface area (Å²) < 4.78 is 5.14. The van der Waals surface area contributed by atoms with E-state index < -0.39 is 5.60 Å². The molecule has 16 heavy (non-hydrogen) atoms. The summed E-state index contributed by atoms with van der Waals surface area (Å²) >= 11 is 0. The molecule has 0 saturated heterocycles. The number of fused-ring (bicyclic) bond motifs is 1. The van der Waals surface area contributed by atoms with Crippen LogP contribution in [0.15, 0.2) is 24.3 Å². The highest BCUT2D eigenvalue weighted by Gasteiger charge is 2.23. The molecule has 4 heteroatoms. The summed E-state index contributed by atoms with van der Waals surface area (Å²) in [5.41, 5.74) is 6.15. The number of hydrogen-bond donors (Lipinski definition) is 3. The molecule has 0 saturated carbocycles. The molecule has 1 atom stereocenters. The van der Waals surface area contributed by atoms with Crippen LogP contribution < -0.4 is 10.5 Å². The Morgan fingerprint density at radius 1 is 1.44 bits per heavy atom. The highest BCUT2D eigenvalue weighted by Crippen LogP contribution is 2.26. The number of benzene rings is 1. The van der Waals surface area contributed by atoms with Crippen LogP contribution in [0.2, 0.25) is 0 Å². The number of methoxy groups -OCH3 is 1. The summed E-state index contributed by atoms with van der Waals surface area (Å²) in [4.78, 5) is 3.15. The third kappa shape index (κ3) is 1.77. The average Bonchev–Trinajstić information content (AvgIpc) is 2.72. The maximum Gasteiger partial charge on any atom is 0.120 e. The molecular formula is C12H16N2O2. The lowest BCUT2D eigenvalue weighted by molar-refractivity contribution is 0.0630. The van der Waals surface area contributed by atoms with Gasteiger partial charge >= 0.3 is 0 Å². The summed E-state index contributed by atoms with van der Waals surface area (Å²) in [6.45, 7) is 1.87. The first kappa shape index (κ1) is 11.0. The maximum absolute atomic E-state index is 10.0. The molecule has 2 rings (SSSR count). The Labute approximate surface area is 94.0 Å². The lowest BCUT2D eigenvalue weighted by Crippen LogP contribution is -2.31. The van der Waals surface area contributed by atoms with Crippen LogP contribution in [0.3, 0.4) is 0 Å². The number of nitrogens with two attached hydrogens (primary N) is 1. The zero-order chi connectivity index (χ0) is 11.8. The number of nitrogens with one attached hydrogen (secondary N) is 1. The van der Waals surface area contributed by atoms with Crippen molar-refractivity contribution in [3.8, 4) is 5.75 Å². The Morgan fingerprint density at radius 2 is 2.19 bits per heavy atom. The molecule has 4 N–H and O–H groups in total. The second kappa shape index (κ2) is 3.81. The highest BCUT2D eigenvalue weighted by molar-refractivity contribution is 5.82. The molecule has 1 unspecified atom stereocenters. The predicted octanol–water partition coefficient (Wildman–Crippen LogP) is 1.34. The van der Waals surface area contributed by atoms with Gasteiger partial charge in [-0.05, 0) is 25.1 Å². The Kier molecular flexibility index (Phi) is 2.61. The van der Waals surface area contributed by atoms with Gasteiger partial charge in [0.25, 0.3) is 0 Å². The van der Waals surface area contributed by atoms with E-state index in [9.17, 15) is 5.11 Å². The van der Waals surface area contributed by atoms with Crippen molar-refractivity contribution in [2.75, 3.05) is 13.7 Å². The first-order chi connectivity index (χ1) is 7.56. The van der Waals surface area contributed by atoms with E-state index >= 15 is 0 Å². The van der Waals surface area contributed by atoms with Crippen molar-refractivity contribution >= 4 is 10.9 Å². The molecule has 1 heterocycles. The molecule has 0 bridgehead atoms. The van der Waals surface area contributed by atoms with E-state index in [4.69, 9.17) is 10.5 Å². The minimum atomic E-state index is -1.02. The van der Waals surface area contributed by atoms with Crippen LogP contribution in [0, 0.1) is 0 Å². The second-order valence-corrected chi connectivity index (χ2v) is 4.11. The number of hydrogen-bond acceptors (Lipinski definition) is 3. The van der Waals surface area contributed by atoms with Crippen molar-refractivity contribution in [2.24, 2.45) is 5.73 Å². The maximum atomic E-state index is 10.0. The molecule has 0 aliphatic carbocycles. The van der Waals surface area contributed by atoms with E-state index in [1.807, 2.05) is 24.3 Å². The van der Waals surface area contributed by atoms with Gasteiger partial charge in [-0.2, -0.15) is 0 Å². The van der Waals surface area contributed by atoms with Crippen molar-refractivity contribution in [3.63, 3.8) is 0 Å². The SMILES string of the molecule is COc1ccc2cc(C(C)(O)CN)[nH]c2c1. The monoisotopic (exact) mass is 220 g/mol. The van der Waals surface area contributed by atoms with E-state index in [-0.39, 0.29) is 6.54 Å². The van der Waals surface area contributed by atoms with Crippen LogP contribution in [0.1, 0.15) is 12.6 Å². The molecule has 4 nitrogen and oxygen atoms in total. The standard InChI is InChI=1S/C12H16N2O2/c1-12(15,7-13)11-5-8-3-4-9(16-2)6-10(8)14-11/h3-6,14-15H,7,13H2,1-2H3. The summed E-state index contributed by atoms with van der Waals surface area (Å²) in [5, 5.41) is 11.1. The van der Waals surface area contributed by atoms with E-state index in [0.29, 0.717) is 0 Å². The van der Waals surface area contributed by atoms with Crippen molar-refractivity contribution in [2.45, 2.75) is 12.5 Å². The van der Waals surface area contributed by atoms with E-state index in [2.05, 4.69) is 4.98 Å². The molecule has 0 radical (unpaired) electrons. The smallest absolute Gasteiger partial charge is 0.120 e. The Balaban J connectivity index is 2.52. The Morgan fingerprint density at radius 3 is 2.81 bits per heavy atom. The Bertz CT molecular complexity index is 503. The zero-order valence-corrected chi connectivity index (χ0v) is 9.45. The predicted molar refractivity (Wildman–Crippen MR) is 63.5 cm³/mol. The lowest BCUT2D eigenvalue weighted by atomic mass is 10.0. The minimum Gasteiger partial charge on any atom is -0.497 e. The van der Waals surface area contributed by atoms with Crippen LogP contribution in [-0.4, -0.2) is 23.7 Å². The van der Waals surface area contributed by atoms with Crippen LogP contribution >= 0.6 is 0 Å². The average molecular weight is 220 g/mol. The van der Waals surface area contributed by atoms with Crippen molar-refractivity contribution in [1.82, 2.24) is 4.98 Å². The largest absolute Gasteiger partial charge is 0.497 e. The van der Waals surface area contributed by atoms with E-state index in [1.54, 1.807) is 14.0 Å². The number of aliphatic hydroxyl groups is 1. The molecule has 0 aliphatic heterocycles. The van der Waals surface area contributed by atoms with Crippen LogP contribution in [0.4, 0.5) is 0 Å². The second-order valence-electron chi connectivity index (χ2n) is 4.11. The summed E-state index contributed by atoms with van der Waals surface area (Å²) in [7, 11) is 1.63.